The number of hydrogen-bond acceptors (Lipinski definition) is 4. The molecule has 0 radical (unpaired) electrons. The molecule has 7 heteroatoms. The summed E-state index contributed by atoms with van der Waals surface area (Å²) in [5, 5.41) is 14.0. The van der Waals surface area contributed by atoms with Crippen LogP contribution < -0.4 is 10.6 Å². The summed E-state index contributed by atoms with van der Waals surface area (Å²) in [6.45, 7) is 3.17. The fourth-order valence-corrected chi connectivity index (χ4v) is 3.58. The van der Waals surface area contributed by atoms with Gasteiger partial charge in [0.25, 0.3) is 0 Å². The Morgan fingerprint density at radius 3 is 2.16 bits per heavy atom. The molecule has 0 bridgehead atoms. The summed E-state index contributed by atoms with van der Waals surface area (Å²) < 4.78 is 5.41. The summed E-state index contributed by atoms with van der Waals surface area (Å²) in [4.78, 5) is 35.8. The first-order valence-corrected chi connectivity index (χ1v) is 9.96. The number of aliphatic carboxylic acids is 1. The molecule has 0 saturated carbocycles. The van der Waals surface area contributed by atoms with Crippen molar-refractivity contribution in [2.75, 3.05) is 6.61 Å². The molecule has 1 unspecified atom stereocenters. The largest absolute Gasteiger partial charge is 0.480 e. The smallest absolute Gasteiger partial charge is 0.407 e. The van der Waals surface area contributed by atoms with Crippen molar-refractivity contribution in [1.82, 2.24) is 10.6 Å². The van der Waals surface area contributed by atoms with Crippen LogP contribution in [-0.4, -0.2) is 41.8 Å². The molecule has 0 aliphatic heterocycles. The normalized spacial score (nSPS) is 13.6. The number of nitrogens with one attached hydrogen (secondary N) is 2. The molecule has 0 saturated heterocycles. The van der Waals surface area contributed by atoms with Crippen molar-refractivity contribution in [2.45, 2.75) is 38.3 Å². The summed E-state index contributed by atoms with van der Waals surface area (Å²) in [7, 11) is 0. The molecule has 1 aliphatic carbocycles. The molecule has 31 heavy (non-hydrogen) atoms. The van der Waals surface area contributed by atoms with Crippen LogP contribution in [0.4, 0.5) is 4.79 Å². The lowest BCUT2D eigenvalue weighted by atomic mass is 9.98. The zero-order chi connectivity index (χ0) is 22.4. The average Bonchev–Trinajstić information content (AvgIpc) is 3.08. The lowest BCUT2D eigenvalue weighted by Gasteiger charge is -2.18. The van der Waals surface area contributed by atoms with E-state index in [-0.39, 0.29) is 18.9 Å². The van der Waals surface area contributed by atoms with Crippen molar-refractivity contribution in [3.63, 3.8) is 0 Å². The van der Waals surface area contributed by atoms with E-state index in [2.05, 4.69) is 22.5 Å². The van der Waals surface area contributed by atoms with E-state index in [4.69, 9.17) is 4.74 Å². The van der Waals surface area contributed by atoms with E-state index in [0.717, 1.165) is 22.3 Å². The quantitative estimate of drug-likeness (QED) is 0.598. The van der Waals surface area contributed by atoms with Crippen LogP contribution in [0.1, 0.15) is 37.3 Å². The topological polar surface area (TPSA) is 105 Å². The number of carbonyl (C=O) groups is 3. The predicted octanol–water partition coefficient (Wildman–Crippen LogP) is 2.90. The lowest BCUT2D eigenvalue weighted by molar-refractivity contribution is -0.141. The summed E-state index contributed by atoms with van der Waals surface area (Å²) in [5.41, 5.74) is 4.41. The molecule has 2 aromatic rings. The Morgan fingerprint density at radius 2 is 1.61 bits per heavy atom. The number of hydrogen-bond donors (Lipinski definition) is 3. The lowest BCUT2D eigenvalue weighted by Crippen LogP contribution is -2.50. The maximum absolute atomic E-state index is 12.3. The van der Waals surface area contributed by atoms with Gasteiger partial charge in [0, 0.05) is 12.3 Å². The Bertz CT molecular complexity index is 1010. The molecule has 160 valence electrons. The number of amides is 2. The van der Waals surface area contributed by atoms with E-state index in [1.807, 2.05) is 48.5 Å². The molecule has 3 N–H and O–H groups in total. The van der Waals surface area contributed by atoms with Gasteiger partial charge >= 0.3 is 12.1 Å². The molecule has 2 amide bonds. The Balaban J connectivity index is 1.58. The molecule has 0 spiro atoms. The molecular weight excluding hydrogens is 396 g/mol. The molecular formula is C24H24N2O5. The van der Waals surface area contributed by atoms with Crippen LogP contribution in [0.15, 0.2) is 48.5 Å². The SMILES string of the molecule is CC#CCC(NC(=O)[C@H](C)NC(=O)OCC1c2ccccc2-c2ccccc21)C(=O)O. The van der Waals surface area contributed by atoms with Gasteiger partial charge in [-0.25, -0.2) is 9.59 Å². The third-order valence-corrected chi connectivity index (χ3v) is 5.17. The number of rotatable bonds is 7. The summed E-state index contributed by atoms with van der Waals surface area (Å²) in [6, 6.07) is 13.9. The number of carboxylic acid groups (broad SMARTS) is 1. The van der Waals surface area contributed by atoms with Crippen LogP contribution in [-0.2, 0) is 14.3 Å². The number of fused-ring (bicyclic) bond motifs is 3. The maximum Gasteiger partial charge on any atom is 0.407 e. The van der Waals surface area contributed by atoms with Gasteiger partial charge in [0.15, 0.2) is 0 Å². The van der Waals surface area contributed by atoms with Gasteiger partial charge in [0.2, 0.25) is 5.91 Å². The van der Waals surface area contributed by atoms with Gasteiger partial charge in [-0.2, -0.15) is 0 Å². The first-order valence-electron chi connectivity index (χ1n) is 9.96. The molecule has 3 rings (SSSR count). The van der Waals surface area contributed by atoms with Crippen LogP contribution in [0.3, 0.4) is 0 Å². The highest BCUT2D eigenvalue weighted by Gasteiger charge is 2.29. The van der Waals surface area contributed by atoms with Crippen molar-refractivity contribution >= 4 is 18.0 Å². The minimum atomic E-state index is -1.19. The minimum absolute atomic E-state index is 0.0186. The van der Waals surface area contributed by atoms with E-state index >= 15 is 0 Å². The number of alkyl carbamates (subject to hydrolysis) is 1. The van der Waals surface area contributed by atoms with Crippen molar-refractivity contribution in [2.24, 2.45) is 0 Å². The number of carbonyl (C=O) groups excluding carboxylic acids is 2. The van der Waals surface area contributed by atoms with E-state index in [0.29, 0.717) is 0 Å². The molecule has 0 fully saturated rings. The molecule has 2 aromatic carbocycles. The fraction of sp³-hybridized carbons (Fsp3) is 0.292. The number of carboxylic acids is 1. The van der Waals surface area contributed by atoms with E-state index in [1.165, 1.54) is 6.92 Å². The monoisotopic (exact) mass is 420 g/mol. The van der Waals surface area contributed by atoms with Crippen molar-refractivity contribution in [1.29, 1.82) is 0 Å². The second kappa shape index (κ2) is 9.81. The highest BCUT2D eigenvalue weighted by Crippen LogP contribution is 2.44. The maximum atomic E-state index is 12.3. The highest BCUT2D eigenvalue weighted by atomic mass is 16.5. The number of benzene rings is 2. The van der Waals surface area contributed by atoms with Gasteiger partial charge in [0.05, 0.1) is 0 Å². The van der Waals surface area contributed by atoms with Crippen LogP contribution >= 0.6 is 0 Å². The third-order valence-electron chi connectivity index (χ3n) is 5.17. The molecule has 2 atom stereocenters. The minimum Gasteiger partial charge on any atom is -0.480 e. The first kappa shape index (κ1) is 21.9. The molecule has 7 nitrogen and oxygen atoms in total. The second-order valence-corrected chi connectivity index (χ2v) is 7.22. The average molecular weight is 420 g/mol. The van der Waals surface area contributed by atoms with Crippen molar-refractivity contribution in [3.8, 4) is 23.0 Å². The number of ether oxygens (including phenoxy) is 1. The van der Waals surface area contributed by atoms with Crippen molar-refractivity contribution < 1.29 is 24.2 Å². The Kier molecular flexibility index (Phi) is 6.93. The third kappa shape index (κ3) is 5.04. The Labute approximate surface area is 180 Å². The Hall–Kier alpha value is -3.79. The molecule has 0 heterocycles. The first-order chi connectivity index (χ1) is 14.9. The standard InChI is InChI=1S/C24H24N2O5/c1-3-4-13-21(23(28)29)26-22(27)15(2)25-24(30)31-14-20-18-11-7-5-9-16(18)17-10-6-8-12-19(17)20/h5-12,15,20-21H,13-14H2,1-2H3,(H,25,30)(H,26,27)(H,28,29)/t15-,21?/m0/s1. The molecule has 1 aliphatic rings. The second-order valence-electron chi connectivity index (χ2n) is 7.22. The van der Waals surface area contributed by atoms with Crippen LogP contribution in [0.2, 0.25) is 0 Å². The van der Waals surface area contributed by atoms with Gasteiger partial charge in [-0.15, -0.1) is 11.8 Å². The summed E-state index contributed by atoms with van der Waals surface area (Å²) in [5.74, 6) is 3.31. The predicted molar refractivity (Wildman–Crippen MR) is 115 cm³/mol. The summed E-state index contributed by atoms with van der Waals surface area (Å²) >= 11 is 0. The Morgan fingerprint density at radius 1 is 1.03 bits per heavy atom. The van der Waals surface area contributed by atoms with Crippen LogP contribution in [0, 0.1) is 11.8 Å². The van der Waals surface area contributed by atoms with Gasteiger partial charge in [-0.1, -0.05) is 48.5 Å². The van der Waals surface area contributed by atoms with Crippen LogP contribution in [0.25, 0.3) is 11.1 Å². The van der Waals surface area contributed by atoms with E-state index in [9.17, 15) is 19.5 Å². The van der Waals surface area contributed by atoms with Gasteiger partial charge in [0.1, 0.15) is 18.7 Å². The summed E-state index contributed by atoms with van der Waals surface area (Å²) in [6.07, 6.45) is -0.764. The van der Waals surface area contributed by atoms with Crippen LogP contribution in [0.5, 0.6) is 0 Å². The van der Waals surface area contributed by atoms with Crippen molar-refractivity contribution in [3.05, 3.63) is 59.7 Å². The molecule has 0 aromatic heterocycles. The van der Waals surface area contributed by atoms with Gasteiger partial charge in [-0.3, -0.25) is 4.79 Å². The zero-order valence-electron chi connectivity index (χ0n) is 17.3. The van der Waals surface area contributed by atoms with Gasteiger partial charge in [-0.05, 0) is 36.1 Å². The van der Waals surface area contributed by atoms with E-state index in [1.54, 1.807) is 6.92 Å². The van der Waals surface area contributed by atoms with E-state index < -0.39 is 30.1 Å². The zero-order valence-corrected chi connectivity index (χ0v) is 17.3. The van der Waals surface area contributed by atoms with Gasteiger partial charge < -0.3 is 20.5 Å². The highest BCUT2D eigenvalue weighted by molar-refractivity contribution is 5.89. The fourth-order valence-electron chi connectivity index (χ4n) is 3.58.